The molecule has 6 heteroatoms. The minimum atomic E-state index is -0.386. The Bertz CT molecular complexity index is 1170. The first kappa shape index (κ1) is 20.8. The van der Waals surface area contributed by atoms with Gasteiger partial charge in [0.1, 0.15) is 18.1 Å². The number of likely N-dealkylation sites (N-methyl/N-ethyl adjacent to an activating group) is 1. The Morgan fingerprint density at radius 3 is 2.75 bits per heavy atom. The molecule has 1 unspecified atom stereocenters. The van der Waals surface area contributed by atoms with Gasteiger partial charge in [0, 0.05) is 29.4 Å². The van der Waals surface area contributed by atoms with Crippen LogP contribution in [0.1, 0.15) is 40.7 Å². The van der Waals surface area contributed by atoms with E-state index in [9.17, 15) is 4.79 Å². The van der Waals surface area contributed by atoms with Crippen molar-refractivity contribution in [1.29, 1.82) is 0 Å². The molecular formula is C26H29N3O3. The lowest BCUT2D eigenvalue weighted by Gasteiger charge is -2.37. The molecule has 1 aliphatic carbocycles. The average Bonchev–Trinajstić information content (AvgIpc) is 3.58. The molecular weight excluding hydrogens is 402 g/mol. The highest BCUT2D eigenvalue weighted by Crippen LogP contribution is 2.49. The quantitative estimate of drug-likeness (QED) is 0.611. The SMILES string of the molecule is COc1cc(C2(NC(=O)c3cc(OCC4CCN4C)ccc3C)CC2)c2ccncc2c1. The zero-order valence-corrected chi connectivity index (χ0v) is 18.9. The summed E-state index contributed by atoms with van der Waals surface area (Å²) in [5.41, 5.74) is 2.29. The third-order valence-electron chi connectivity index (χ3n) is 6.91. The number of likely N-dealkylation sites (tertiary alicyclic amines) is 1. The molecule has 2 aliphatic rings. The summed E-state index contributed by atoms with van der Waals surface area (Å²) in [6.07, 6.45) is 6.58. The number of ether oxygens (including phenoxy) is 2. The molecule has 166 valence electrons. The molecule has 1 aromatic heterocycles. The van der Waals surface area contributed by atoms with Crippen LogP contribution in [0.5, 0.6) is 11.5 Å². The van der Waals surface area contributed by atoms with E-state index in [-0.39, 0.29) is 11.4 Å². The molecule has 1 amide bonds. The first-order valence-corrected chi connectivity index (χ1v) is 11.2. The largest absolute Gasteiger partial charge is 0.497 e. The first-order chi connectivity index (χ1) is 15.5. The van der Waals surface area contributed by atoms with E-state index in [1.54, 1.807) is 13.3 Å². The van der Waals surface area contributed by atoms with Crippen LogP contribution in [0.25, 0.3) is 10.8 Å². The number of aromatic nitrogens is 1. The van der Waals surface area contributed by atoms with Crippen molar-refractivity contribution in [3.63, 3.8) is 0 Å². The summed E-state index contributed by atoms with van der Waals surface area (Å²) in [5.74, 6) is 1.44. The van der Waals surface area contributed by atoms with Crippen molar-refractivity contribution in [1.82, 2.24) is 15.2 Å². The highest BCUT2D eigenvalue weighted by atomic mass is 16.5. The molecule has 3 aromatic rings. The number of fused-ring (bicyclic) bond motifs is 1. The van der Waals surface area contributed by atoms with Gasteiger partial charge in [-0.25, -0.2) is 0 Å². The van der Waals surface area contributed by atoms with E-state index in [0.717, 1.165) is 59.2 Å². The van der Waals surface area contributed by atoms with Gasteiger partial charge in [-0.2, -0.15) is 0 Å². The molecule has 5 rings (SSSR count). The fourth-order valence-electron chi connectivity index (χ4n) is 4.48. The van der Waals surface area contributed by atoms with Crippen molar-refractivity contribution in [2.45, 2.75) is 37.8 Å². The smallest absolute Gasteiger partial charge is 0.252 e. The number of rotatable bonds is 7. The molecule has 1 saturated heterocycles. The molecule has 32 heavy (non-hydrogen) atoms. The summed E-state index contributed by atoms with van der Waals surface area (Å²) in [6, 6.07) is 12.3. The number of hydrogen-bond donors (Lipinski definition) is 1. The number of nitrogens with one attached hydrogen (secondary N) is 1. The number of carbonyl (C=O) groups excluding carboxylic acids is 1. The fourth-order valence-corrected chi connectivity index (χ4v) is 4.48. The maximum Gasteiger partial charge on any atom is 0.252 e. The number of carbonyl (C=O) groups is 1. The zero-order chi connectivity index (χ0) is 22.3. The van der Waals surface area contributed by atoms with E-state index < -0.39 is 0 Å². The van der Waals surface area contributed by atoms with Gasteiger partial charge in [-0.15, -0.1) is 0 Å². The summed E-state index contributed by atoms with van der Waals surface area (Å²) >= 11 is 0. The Kier molecular flexibility index (Phi) is 5.25. The molecule has 0 bridgehead atoms. The van der Waals surface area contributed by atoms with Gasteiger partial charge in [0.2, 0.25) is 0 Å². The van der Waals surface area contributed by atoms with Gasteiger partial charge in [0.25, 0.3) is 5.91 Å². The molecule has 2 fully saturated rings. The van der Waals surface area contributed by atoms with Gasteiger partial charge in [-0.1, -0.05) is 6.07 Å². The topological polar surface area (TPSA) is 63.7 Å². The Morgan fingerprint density at radius 2 is 2.06 bits per heavy atom. The molecule has 0 radical (unpaired) electrons. The number of hydrogen-bond acceptors (Lipinski definition) is 5. The average molecular weight is 432 g/mol. The predicted molar refractivity (Wildman–Crippen MR) is 124 cm³/mol. The van der Waals surface area contributed by atoms with Crippen molar-refractivity contribution in [2.24, 2.45) is 0 Å². The Morgan fingerprint density at radius 1 is 1.22 bits per heavy atom. The van der Waals surface area contributed by atoms with Gasteiger partial charge < -0.3 is 14.8 Å². The molecule has 2 aromatic carbocycles. The van der Waals surface area contributed by atoms with Crippen LogP contribution < -0.4 is 14.8 Å². The van der Waals surface area contributed by atoms with Crippen molar-refractivity contribution >= 4 is 16.7 Å². The van der Waals surface area contributed by atoms with Crippen molar-refractivity contribution in [3.05, 3.63) is 65.5 Å². The second kappa shape index (κ2) is 8.10. The van der Waals surface area contributed by atoms with Gasteiger partial charge in [0.05, 0.1) is 12.6 Å². The van der Waals surface area contributed by atoms with E-state index in [1.807, 2.05) is 49.5 Å². The summed E-state index contributed by atoms with van der Waals surface area (Å²) in [5, 5.41) is 5.43. The maximum absolute atomic E-state index is 13.4. The molecule has 1 aliphatic heterocycles. The Hall–Kier alpha value is -3.12. The number of amides is 1. The van der Waals surface area contributed by atoms with Crippen LogP contribution in [0.15, 0.2) is 48.8 Å². The molecule has 1 atom stereocenters. The van der Waals surface area contributed by atoms with Crippen LogP contribution in [0.3, 0.4) is 0 Å². The summed E-state index contributed by atoms with van der Waals surface area (Å²) in [6.45, 7) is 3.73. The molecule has 2 heterocycles. The van der Waals surface area contributed by atoms with Crippen LogP contribution in [0, 0.1) is 6.92 Å². The molecule has 6 nitrogen and oxygen atoms in total. The summed E-state index contributed by atoms with van der Waals surface area (Å²) in [7, 11) is 3.77. The molecule has 1 N–H and O–H groups in total. The van der Waals surface area contributed by atoms with Gasteiger partial charge in [0.15, 0.2) is 0 Å². The number of benzene rings is 2. The summed E-state index contributed by atoms with van der Waals surface area (Å²) in [4.78, 5) is 19.9. The van der Waals surface area contributed by atoms with Crippen LogP contribution in [-0.4, -0.2) is 49.1 Å². The number of nitrogens with zero attached hydrogens (tertiary/aromatic N) is 2. The minimum Gasteiger partial charge on any atom is -0.497 e. The van der Waals surface area contributed by atoms with E-state index in [2.05, 4.69) is 22.2 Å². The Balaban J connectivity index is 1.39. The summed E-state index contributed by atoms with van der Waals surface area (Å²) < 4.78 is 11.5. The van der Waals surface area contributed by atoms with Crippen LogP contribution in [-0.2, 0) is 5.54 Å². The third-order valence-corrected chi connectivity index (χ3v) is 6.91. The lowest BCUT2D eigenvalue weighted by molar-refractivity contribution is 0.0767. The van der Waals surface area contributed by atoms with Crippen LogP contribution in [0.4, 0.5) is 0 Å². The molecule has 0 spiro atoms. The third kappa shape index (κ3) is 3.79. The molecule has 1 saturated carbocycles. The number of pyridine rings is 1. The predicted octanol–water partition coefficient (Wildman–Crippen LogP) is 4.05. The minimum absolute atomic E-state index is 0.0729. The highest BCUT2D eigenvalue weighted by molar-refractivity contribution is 5.97. The van der Waals surface area contributed by atoms with Crippen molar-refractivity contribution < 1.29 is 14.3 Å². The maximum atomic E-state index is 13.4. The van der Waals surface area contributed by atoms with E-state index in [1.165, 1.54) is 0 Å². The lowest BCUT2D eigenvalue weighted by Crippen LogP contribution is -2.48. The van der Waals surface area contributed by atoms with Crippen molar-refractivity contribution in [3.8, 4) is 11.5 Å². The number of aryl methyl sites for hydroxylation is 1. The van der Waals surface area contributed by atoms with Gasteiger partial charge in [-0.3, -0.25) is 14.7 Å². The van der Waals surface area contributed by atoms with Gasteiger partial charge in [-0.05, 0) is 86.6 Å². The normalized spacial score (nSPS) is 19.3. The van der Waals surface area contributed by atoms with Crippen molar-refractivity contribution in [2.75, 3.05) is 27.3 Å². The van der Waals surface area contributed by atoms with E-state index in [4.69, 9.17) is 9.47 Å². The number of methoxy groups -OCH3 is 1. The monoisotopic (exact) mass is 431 g/mol. The second-order valence-electron chi connectivity index (χ2n) is 9.02. The Labute approximate surface area is 188 Å². The van der Waals surface area contributed by atoms with E-state index in [0.29, 0.717) is 18.2 Å². The van der Waals surface area contributed by atoms with Crippen LogP contribution >= 0.6 is 0 Å². The van der Waals surface area contributed by atoms with Gasteiger partial charge >= 0.3 is 0 Å². The van der Waals surface area contributed by atoms with Crippen LogP contribution in [0.2, 0.25) is 0 Å². The highest BCUT2D eigenvalue weighted by Gasteiger charge is 2.47. The second-order valence-corrected chi connectivity index (χ2v) is 9.02. The fraction of sp³-hybridized carbons (Fsp3) is 0.385. The lowest BCUT2D eigenvalue weighted by atomic mass is 9.96. The van der Waals surface area contributed by atoms with E-state index >= 15 is 0 Å². The first-order valence-electron chi connectivity index (χ1n) is 11.2. The zero-order valence-electron chi connectivity index (χ0n) is 18.9. The standard InChI is InChI=1S/C26H29N3O3/c1-17-4-5-20(32-16-19-7-11-29(19)2)13-23(17)25(30)28-26(8-9-26)24-14-21(31-3)12-18-15-27-10-6-22(18)24/h4-6,10,12-15,19H,7-9,11,16H2,1-3H3,(H,28,30).